The van der Waals surface area contributed by atoms with Gasteiger partial charge in [-0.3, -0.25) is 14.1 Å². The van der Waals surface area contributed by atoms with Gasteiger partial charge in [0.05, 0.1) is 11.1 Å². The molecule has 1 aliphatic heterocycles. The van der Waals surface area contributed by atoms with Crippen molar-refractivity contribution >= 4 is 5.65 Å². The Morgan fingerprint density at radius 2 is 1.97 bits per heavy atom. The van der Waals surface area contributed by atoms with Crippen molar-refractivity contribution in [2.24, 2.45) is 18.9 Å². The van der Waals surface area contributed by atoms with Crippen molar-refractivity contribution in [1.29, 1.82) is 0 Å². The van der Waals surface area contributed by atoms with Crippen LogP contribution in [-0.4, -0.2) is 42.1 Å². The highest BCUT2D eigenvalue weighted by Crippen LogP contribution is 2.46. The van der Waals surface area contributed by atoms with E-state index in [1.807, 2.05) is 29.8 Å². The van der Waals surface area contributed by atoms with E-state index in [2.05, 4.69) is 27.0 Å². The molecule has 2 fully saturated rings. The number of benzene rings is 1. The molecule has 2 unspecified atom stereocenters. The molecule has 10 heteroatoms. The molecule has 7 nitrogen and oxygen atoms in total. The first-order chi connectivity index (χ1) is 18.7. The first kappa shape index (κ1) is 25.7. The number of hydrogen-bond acceptors (Lipinski definition) is 5. The zero-order chi connectivity index (χ0) is 27.3. The molecule has 0 N–H and O–H groups in total. The first-order valence-electron chi connectivity index (χ1n) is 13.5. The third-order valence-corrected chi connectivity index (χ3v) is 7.99. The molecule has 1 aliphatic carbocycles. The molecule has 3 aromatic heterocycles. The monoisotopic (exact) mass is 536 g/mol. The largest absolute Gasteiger partial charge is 0.419 e. The van der Waals surface area contributed by atoms with Gasteiger partial charge in [-0.05, 0) is 66.8 Å². The summed E-state index contributed by atoms with van der Waals surface area (Å²) in [5, 5.41) is 8.38. The van der Waals surface area contributed by atoms with E-state index in [1.165, 1.54) is 12.4 Å². The molecule has 4 heterocycles. The average molecular weight is 537 g/mol. The van der Waals surface area contributed by atoms with Crippen molar-refractivity contribution in [3.8, 4) is 11.1 Å². The maximum atomic E-state index is 14.1. The summed E-state index contributed by atoms with van der Waals surface area (Å²) in [6.07, 6.45) is 4.14. The van der Waals surface area contributed by atoms with Gasteiger partial charge in [0.1, 0.15) is 12.2 Å². The van der Waals surface area contributed by atoms with E-state index in [1.54, 1.807) is 12.4 Å². The normalized spacial score (nSPS) is 19.5. The van der Waals surface area contributed by atoms with Crippen LogP contribution in [0.15, 0.2) is 53.8 Å². The summed E-state index contributed by atoms with van der Waals surface area (Å²) < 4.78 is 45.3. The van der Waals surface area contributed by atoms with E-state index >= 15 is 0 Å². The highest BCUT2D eigenvalue weighted by atomic mass is 19.4. The molecule has 1 saturated heterocycles. The van der Waals surface area contributed by atoms with Gasteiger partial charge in [0, 0.05) is 38.4 Å². The number of aromatic nitrogens is 5. The summed E-state index contributed by atoms with van der Waals surface area (Å²) >= 11 is 0. The fraction of sp³-hybridized carbons (Fsp3) is 0.448. The maximum Gasteiger partial charge on any atom is 0.419 e. The highest BCUT2D eigenvalue weighted by Gasteiger charge is 2.37. The van der Waals surface area contributed by atoms with Crippen molar-refractivity contribution in [2.45, 2.75) is 51.2 Å². The van der Waals surface area contributed by atoms with Crippen LogP contribution in [0, 0.1) is 11.8 Å². The van der Waals surface area contributed by atoms with Crippen LogP contribution < -0.4 is 5.56 Å². The Kier molecular flexibility index (Phi) is 6.53. The molecule has 0 amide bonds. The average Bonchev–Trinajstić information content (AvgIpc) is 3.64. The number of likely N-dealkylation sites (tertiary alicyclic amines) is 1. The molecule has 0 radical (unpaired) electrons. The molecule has 1 saturated carbocycles. The predicted octanol–water partition coefficient (Wildman–Crippen LogP) is 5.28. The molecule has 1 aromatic carbocycles. The Morgan fingerprint density at radius 1 is 1.15 bits per heavy atom. The lowest BCUT2D eigenvalue weighted by molar-refractivity contribution is -0.136. The molecule has 39 heavy (non-hydrogen) atoms. The SMILES string of the molecule is CC1CCCN(Cc2cc(C(F)(F)F)c3ncc(-c4cccc(C(c5nncn5C)C5CC5)c4)c(=O)n3c2)C1. The number of halogens is 3. The van der Waals surface area contributed by atoms with E-state index in [9.17, 15) is 18.0 Å². The number of rotatable bonds is 6. The Labute approximate surface area is 224 Å². The Balaban J connectivity index is 1.43. The van der Waals surface area contributed by atoms with Gasteiger partial charge in [-0.1, -0.05) is 31.2 Å². The fourth-order valence-electron chi connectivity index (χ4n) is 5.96. The number of piperidine rings is 1. The minimum Gasteiger partial charge on any atom is -0.320 e. The molecule has 0 bridgehead atoms. The topological polar surface area (TPSA) is 68.3 Å². The third kappa shape index (κ3) is 5.09. The number of hydrogen-bond donors (Lipinski definition) is 0. The Bertz CT molecular complexity index is 1570. The Morgan fingerprint density at radius 3 is 2.67 bits per heavy atom. The van der Waals surface area contributed by atoms with Gasteiger partial charge in [0.25, 0.3) is 5.56 Å². The van der Waals surface area contributed by atoms with Crippen LogP contribution in [0.2, 0.25) is 0 Å². The molecule has 0 spiro atoms. The molecule has 2 atom stereocenters. The summed E-state index contributed by atoms with van der Waals surface area (Å²) in [5.74, 6) is 1.82. The van der Waals surface area contributed by atoms with E-state index in [4.69, 9.17) is 0 Å². The molecule has 204 valence electrons. The minimum atomic E-state index is -4.63. The quantitative estimate of drug-likeness (QED) is 0.335. The molecular weight excluding hydrogens is 505 g/mol. The van der Waals surface area contributed by atoms with Crippen molar-refractivity contribution < 1.29 is 13.2 Å². The smallest absolute Gasteiger partial charge is 0.320 e. The van der Waals surface area contributed by atoms with Crippen LogP contribution in [0.25, 0.3) is 16.8 Å². The first-order valence-corrected chi connectivity index (χ1v) is 13.5. The number of alkyl halides is 3. The molecule has 2 aliphatic rings. The summed E-state index contributed by atoms with van der Waals surface area (Å²) in [5.41, 5.74) is 0.555. The number of fused-ring (bicyclic) bond motifs is 1. The molecule has 4 aromatic rings. The summed E-state index contributed by atoms with van der Waals surface area (Å²) in [6.45, 7) is 4.17. The number of pyridine rings is 1. The van der Waals surface area contributed by atoms with Crippen LogP contribution in [0.4, 0.5) is 13.2 Å². The van der Waals surface area contributed by atoms with Crippen molar-refractivity contribution in [3.05, 3.63) is 81.9 Å². The van der Waals surface area contributed by atoms with Gasteiger partial charge in [-0.25, -0.2) is 4.98 Å². The van der Waals surface area contributed by atoms with Gasteiger partial charge >= 0.3 is 6.18 Å². The van der Waals surface area contributed by atoms with Crippen molar-refractivity contribution in [1.82, 2.24) is 29.0 Å². The standard InChI is InChI=1S/C29H31F3N6O/c1-18-5-4-10-37(14-18)15-19-11-24(29(30,31)32)26-33-13-23(28(39)38(26)16-19)21-6-3-7-22(12-21)25(20-8-9-20)27-35-34-17-36(27)2/h3,6-7,11-13,16-18,20,25H,4-5,8-10,14-15H2,1-2H3. The summed E-state index contributed by atoms with van der Waals surface area (Å²) in [7, 11) is 1.91. The van der Waals surface area contributed by atoms with Gasteiger partial charge in [0.2, 0.25) is 0 Å². The van der Waals surface area contributed by atoms with E-state index in [0.717, 1.165) is 60.6 Å². The predicted molar refractivity (Wildman–Crippen MR) is 141 cm³/mol. The van der Waals surface area contributed by atoms with Gasteiger partial charge < -0.3 is 4.57 Å². The van der Waals surface area contributed by atoms with Crippen LogP contribution in [-0.2, 0) is 19.8 Å². The lowest BCUT2D eigenvalue weighted by Gasteiger charge is -2.31. The zero-order valence-corrected chi connectivity index (χ0v) is 22.0. The Hall–Kier alpha value is -3.53. The third-order valence-electron chi connectivity index (χ3n) is 7.99. The van der Waals surface area contributed by atoms with Crippen molar-refractivity contribution in [3.63, 3.8) is 0 Å². The van der Waals surface area contributed by atoms with Crippen LogP contribution >= 0.6 is 0 Å². The molecule has 6 rings (SSSR count). The fourth-order valence-corrected chi connectivity index (χ4v) is 5.96. The van der Waals surface area contributed by atoms with Crippen LogP contribution in [0.1, 0.15) is 61.0 Å². The summed E-state index contributed by atoms with van der Waals surface area (Å²) in [4.78, 5) is 20.1. The van der Waals surface area contributed by atoms with Crippen LogP contribution in [0.3, 0.4) is 0 Å². The molecular formula is C29H31F3N6O. The minimum absolute atomic E-state index is 0.0315. The maximum absolute atomic E-state index is 14.1. The summed E-state index contributed by atoms with van der Waals surface area (Å²) in [6, 6.07) is 8.76. The van der Waals surface area contributed by atoms with Crippen LogP contribution in [0.5, 0.6) is 0 Å². The lowest BCUT2D eigenvalue weighted by atomic mass is 9.91. The van der Waals surface area contributed by atoms with E-state index in [0.29, 0.717) is 29.5 Å². The van der Waals surface area contributed by atoms with Gasteiger partial charge in [-0.15, -0.1) is 10.2 Å². The van der Waals surface area contributed by atoms with Gasteiger partial charge in [0.15, 0.2) is 5.65 Å². The number of aryl methyl sites for hydroxylation is 1. The number of nitrogens with zero attached hydrogens (tertiary/aromatic N) is 6. The highest BCUT2D eigenvalue weighted by molar-refractivity contribution is 5.65. The van der Waals surface area contributed by atoms with E-state index in [-0.39, 0.29) is 17.1 Å². The van der Waals surface area contributed by atoms with Crippen molar-refractivity contribution in [2.75, 3.05) is 13.1 Å². The lowest BCUT2D eigenvalue weighted by Crippen LogP contribution is -2.34. The second-order valence-electron chi connectivity index (χ2n) is 11.2. The zero-order valence-electron chi connectivity index (χ0n) is 22.0. The second kappa shape index (κ2) is 9.89. The van der Waals surface area contributed by atoms with E-state index < -0.39 is 17.3 Å². The van der Waals surface area contributed by atoms with Gasteiger partial charge in [-0.2, -0.15) is 13.2 Å². The second-order valence-corrected chi connectivity index (χ2v) is 11.2.